The van der Waals surface area contributed by atoms with E-state index in [4.69, 9.17) is 0 Å². The van der Waals surface area contributed by atoms with Gasteiger partial charge in [-0.2, -0.15) is 0 Å². The van der Waals surface area contributed by atoms with Gasteiger partial charge >= 0.3 is 0 Å². The second kappa shape index (κ2) is 6.95. The van der Waals surface area contributed by atoms with Crippen LogP contribution in [0.3, 0.4) is 0 Å². The highest BCUT2D eigenvalue weighted by atomic mass is 16.2. The molecule has 3 N–H and O–H groups in total. The third-order valence-corrected chi connectivity index (χ3v) is 3.58. The second-order valence-corrected chi connectivity index (χ2v) is 5.59. The summed E-state index contributed by atoms with van der Waals surface area (Å²) in [7, 11) is 0. The fourth-order valence-electron chi connectivity index (χ4n) is 2.32. The number of para-hydroxylation sites is 2. The lowest BCUT2D eigenvalue weighted by Crippen LogP contribution is -2.34. The minimum Gasteiger partial charge on any atom is -0.347 e. The third kappa shape index (κ3) is 3.98. The largest absolute Gasteiger partial charge is 0.347 e. The van der Waals surface area contributed by atoms with Gasteiger partial charge in [0.25, 0.3) is 0 Å². The number of aromatic nitrogens is 2. The number of anilines is 1. The molecule has 1 aromatic heterocycles. The Labute approximate surface area is 139 Å². The smallest absolute Gasteiger partial charge is 0.246 e. The number of carbonyl (C=O) groups excluding carboxylic acids is 2. The van der Waals surface area contributed by atoms with Gasteiger partial charge in [0.2, 0.25) is 17.8 Å². The minimum absolute atomic E-state index is 0.0955. The average Bonchev–Trinajstić information content (AvgIpc) is 2.97. The number of imidazole rings is 1. The summed E-state index contributed by atoms with van der Waals surface area (Å²) in [5.41, 5.74) is 3.67. The van der Waals surface area contributed by atoms with Gasteiger partial charge in [0.1, 0.15) is 0 Å². The Morgan fingerprint density at radius 3 is 2.54 bits per heavy atom. The quantitative estimate of drug-likeness (QED) is 0.673. The van der Waals surface area contributed by atoms with Crippen molar-refractivity contribution in [3.05, 3.63) is 59.7 Å². The highest BCUT2D eigenvalue weighted by molar-refractivity contribution is 5.94. The summed E-state index contributed by atoms with van der Waals surface area (Å²) in [6, 6.07) is 15.2. The van der Waals surface area contributed by atoms with Crippen molar-refractivity contribution in [1.82, 2.24) is 15.3 Å². The lowest BCUT2D eigenvalue weighted by atomic mass is 10.1. The van der Waals surface area contributed by atoms with E-state index >= 15 is 0 Å². The highest BCUT2D eigenvalue weighted by Crippen LogP contribution is 2.12. The summed E-state index contributed by atoms with van der Waals surface area (Å²) in [5.74, 6) is -0.154. The van der Waals surface area contributed by atoms with Crippen LogP contribution in [0, 0.1) is 6.92 Å². The molecule has 0 saturated carbocycles. The summed E-state index contributed by atoms with van der Waals surface area (Å²) in [6.07, 6.45) is 0.248. The molecular formula is C18H18N4O2. The molecule has 2 aromatic carbocycles. The van der Waals surface area contributed by atoms with Crippen LogP contribution in [0.2, 0.25) is 0 Å². The van der Waals surface area contributed by atoms with E-state index in [-0.39, 0.29) is 24.8 Å². The van der Waals surface area contributed by atoms with Gasteiger partial charge in [-0.3, -0.25) is 14.9 Å². The SMILES string of the molecule is Cc1ccc(CC(=O)NCC(=O)Nc2nc3ccccc3[nH]2)cc1. The number of amides is 2. The van der Waals surface area contributed by atoms with Crippen LogP contribution < -0.4 is 10.6 Å². The maximum Gasteiger partial charge on any atom is 0.246 e. The molecule has 0 aliphatic heterocycles. The molecule has 0 atom stereocenters. The fraction of sp³-hybridized carbons (Fsp3) is 0.167. The van der Waals surface area contributed by atoms with Crippen LogP contribution in [0.15, 0.2) is 48.5 Å². The molecule has 0 fully saturated rings. The van der Waals surface area contributed by atoms with Crippen molar-refractivity contribution in [1.29, 1.82) is 0 Å². The molecule has 6 heteroatoms. The summed E-state index contributed by atoms with van der Waals surface area (Å²) < 4.78 is 0. The number of carbonyl (C=O) groups is 2. The van der Waals surface area contributed by atoms with E-state index in [2.05, 4.69) is 20.6 Å². The van der Waals surface area contributed by atoms with E-state index in [1.807, 2.05) is 55.5 Å². The first kappa shape index (κ1) is 15.7. The normalized spacial score (nSPS) is 10.5. The minimum atomic E-state index is -0.327. The molecule has 0 aliphatic rings. The Hall–Kier alpha value is -3.15. The highest BCUT2D eigenvalue weighted by Gasteiger charge is 2.09. The number of hydrogen-bond acceptors (Lipinski definition) is 3. The number of aryl methyl sites for hydroxylation is 1. The van der Waals surface area contributed by atoms with Crippen molar-refractivity contribution < 1.29 is 9.59 Å². The van der Waals surface area contributed by atoms with Crippen LogP contribution in [0.25, 0.3) is 11.0 Å². The Balaban J connectivity index is 1.49. The topological polar surface area (TPSA) is 86.9 Å². The van der Waals surface area contributed by atoms with Gasteiger partial charge in [-0.05, 0) is 24.6 Å². The summed E-state index contributed by atoms with van der Waals surface area (Å²) in [4.78, 5) is 31.0. The van der Waals surface area contributed by atoms with E-state index in [0.717, 1.165) is 22.2 Å². The first-order valence-electron chi connectivity index (χ1n) is 7.67. The van der Waals surface area contributed by atoms with Crippen LogP contribution >= 0.6 is 0 Å². The fourth-order valence-corrected chi connectivity index (χ4v) is 2.32. The van der Waals surface area contributed by atoms with Gasteiger partial charge in [-0.25, -0.2) is 4.98 Å². The van der Waals surface area contributed by atoms with Crippen molar-refractivity contribution in [2.75, 3.05) is 11.9 Å². The molecule has 3 aromatic rings. The first-order chi connectivity index (χ1) is 11.6. The van der Waals surface area contributed by atoms with Gasteiger partial charge in [0.05, 0.1) is 24.0 Å². The molecule has 0 aliphatic carbocycles. The molecule has 0 saturated heterocycles. The molecule has 0 bridgehead atoms. The Kier molecular flexibility index (Phi) is 4.56. The zero-order chi connectivity index (χ0) is 16.9. The van der Waals surface area contributed by atoms with Crippen LogP contribution in [-0.4, -0.2) is 28.3 Å². The predicted octanol–water partition coefficient (Wildman–Crippen LogP) is 2.17. The first-order valence-corrected chi connectivity index (χ1v) is 7.67. The van der Waals surface area contributed by atoms with E-state index < -0.39 is 0 Å². The molecule has 6 nitrogen and oxygen atoms in total. The van der Waals surface area contributed by atoms with Crippen molar-refractivity contribution in [3.63, 3.8) is 0 Å². The standard InChI is InChI=1S/C18H18N4O2/c1-12-6-8-13(9-7-12)10-16(23)19-11-17(24)22-18-20-14-4-2-3-5-15(14)21-18/h2-9H,10-11H2,1H3,(H,19,23)(H2,20,21,22,24). The summed E-state index contributed by atoms with van der Waals surface area (Å²) in [5, 5.41) is 5.24. The van der Waals surface area contributed by atoms with Crippen molar-refractivity contribution in [3.8, 4) is 0 Å². The number of aromatic amines is 1. The third-order valence-electron chi connectivity index (χ3n) is 3.58. The number of hydrogen-bond donors (Lipinski definition) is 3. The van der Waals surface area contributed by atoms with Gasteiger partial charge in [-0.15, -0.1) is 0 Å². The molecular weight excluding hydrogens is 304 g/mol. The Morgan fingerprint density at radius 1 is 1.04 bits per heavy atom. The van der Waals surface area contributed by atoms with Crippen molar-refractivity contribution in [2.24, 2.45) is 0 Å². The maximum atomic E-state index is 11.9. The van der Waals surface area contributed by atoms with E-state index in [1.165, 1.54) is 0 Å². The Bertz CT molecular complexity index is 835. The number of fused-ring (bicyclic) bond motifs is 1. The molecule has 1 heterocycles. The van der Waals surface area contributed by atoms with E-state index in [9.17, 15) is 9.59 Å². The number of nitrogens with zero attached hydrogens (tertiary/aromatic N) is 1. The number of H-pyrrole nitrogens is 1. The monoisotopic (exact) mass is 322 g/mol. The number of benzene rings is 2. The van der Waals surface area contributed by atoms with E-state index in [0.29, 0.717) is 5.95 Å². The number of rotatable bonds is 5. The predicted molar refractivity (Wildman–Crippen MR) is 92.6 cm³/mol. The average molecular weight is 322 g/mol. The zero-order valence-corrected chi connectivity index (χ0v) is 13.3. The van der Waals surface area contributed by atoms with Crippen LogP contribution in [0.4, 0.5) is 5.95 Å². The number of nitrogens with one attached hydrogen (secondary N) is 3. The van der Waals surface area contributed by atoms with Gasteiger partial charge in [0.15, 0.2) is 0 Å². The van der Waals surface area contributed by atoms with E-state index in [1.54, 1.807) is 0 Å². The molecule has 0 radical (unpaired) electrons. The molecule has 2 amide bonds. The zero-order valence-electron chi connectivity index (χ0n) is 13.3. The maximum absolute atomic E-state index is 11.9. The van der Waals surface area contributed by atoms with Crippen LogP contribution in [-0.2, 0) is 16.0 Å². The van der Waals surface area contributed by atoms with Crippen LogP contribution in [0.5, 0.6) is 0 Å². The van der Waals surface area contributed by atoms with Crippen molar-refractivity contribution >= 4 is 28.8 Å². The van der Waals surface area contributed by atoms with Crippen molar-refractivity contribution in [2.45, 2.75) is 13.3 Å². The van der Waals surface area contributed by atoms with Gasteiger partial charge in [-0.1, -0.05) is 42.0 Å². The summed E-state index contributed by atoms with van der Waals surface area (Å²) >= 11 is 0. The summed E-state index contributed by atoms with van der Waals surface area (Å²) in [6.45, 7) is 1.90. The Morgan fingerprint density at radius 2 is 1.79 bits per heavy atom. The molecule has 3 rings (SSSR count). The lowest BCUT2D eigenvalue weighted by molar-refractivity contribution is -0.123. The van der Waals surface area contributed by atoms with Gasteiger partial charge < -0.3 is 10.3 Å². The molecule has 24 heavy (non-hydrogen) atoms. The second-order valence-electron chi connectivity index (χ2n) is 5.59. The lowest BCUT2D eigenvalue weighted by Gasteiger charge is -2.05. The van der Waals surface area contributed by atoms with Gasteiger partial charge in [0, 0.05) is 0 Å². The molecule has 0 spiro atoms. The van der Waals surface area contributed by atoms with Crippen LogP contribution in [0.1, 0.15) is 11.1 Å². The molecule has 0 unspecified atom stereocenters. The molecule has 122 valence electrons.